The summed E-state index contributed by atoms with van der Waals surface area (Å²) in [4.78, 5) is 25.2. The molecule has 1 amide bonds. The standard InChI is InChI=1S/C16H23NO4/c1-5-10-17(15(20)21-16(2,3)4)14(11-18)12-6-8-13(19)9-7-12/h6-9,11,14,19H,5,10H2,1-4H3. The van der Waals surface area contributed by atoms with Gasteiger partial charge in [-0.25, -0.2) is 4.79 Å². The Hall–Kier alpha value is -2.04. The second-order valence-electron chi connectivity index (χ2n) is 5.85. The van der Waals surface area contributed by atoms with E-state index in [2.05, 4.69) is 0 Å². The SMILES string of the molecule is CCCN(C(=O)OC(C)(C)C)C(C=O)c1ccc(O)cc1. The molecule has 0 aliphatic heterocycles. The molecule has 1 aromatic carbocycles. The maximum Gasteiger partial charge on any atom is 0.411 e. The molecule has 1 atom stereocenters. The van der Waals surface area contributed by atoms with Gasteiger partial charge in [-0.2, -0.15) is 0 Å². The van der Waals surface area contributed by atoms with E-state index in [1.807, 2.05) is 6.92 Å². The first-order chi connectivity index (χ1) is 9.78. The Morgan fingerprint density at radius 3 is 2.33 bits per heavy atom. The lowest BCUT2D eigenvalue weighted by molar-refractivity contribution is -0.112. The van der Waals surface area contributed by atoms with Gasteiger partial charge in [-0.15, -0.1) is 0 Å². The highest BCUT2D eigenvalue weighted by molar-refractivity contribution is 5.75. The first-order valence-corrected chi connectivity index (χ1v) is 7.02. The molecule has 5 heteroatoms. The van der Waals surface area contributed by atoms with E-state index in [1.54, 1.807) is 32.9 Å². The number of aromatic hydroxyl groups is 1. The predicted octanol–water partition coefficient (Wildman–Crippen LogP) is 3.28. The van der Waals surface area contributed by atoms with Crippen molar-refractivity contribution in [2.45, 2.75) is 45.8 Å². The highest BCUT2D eigenvalue weighted by atomic mass is 16.6. The third-order valence-corrected chi connectivity index (χ3v) is 2.79. The smallest absolute Gasteiger partial charge is 0.411 e. The largest absolute Gasteiger partial charge is 0.508 e. The normalized spacial score (nSPS) is 12.6. The fraction of sp³-hybridized carbons (Fsp3) is 0.500. The lowest BCUT2D eigenvalue weighted by atomic mass is 10.1. The van der Waals surface area contributed by atoms with Crippen LogP contribution in [-0.2, 0) is 9.53 Å². The number of carbonyl (C=O) groups excluding carboxylic acids is 2. The molecule has 0 spiro atoms. The second kappa shape index (κ2) is 7.11. The van der Waals surface area contributed by atoms with Crippen molar-refractivity contribution in [3.63, 3.8) is 0 Å². The monoisotopic (exact) mass is 293 g/mol. The summed E-state index contributed by atoms with van der Waals surface area (Å²) in [5, 5.41) is 9.32. The van der Waals surface area contributed by atoms with E-state index >= 15 is 0 Å². The van der Waals surface area contributed by atoms with Crippen LogP contribution in [0.5, 0.6) is 5.75 Å². The molecule has 5 nitrogen and oxygen atoms in total. The number of aldehydes is 1. The van der Waals surface area contributed by atoms with Crippen LogP contribution in [0.25, 0.3) is 0 Å². The van der Waals surface area contributed by atoms with Crippen molar-refractivity contribution < 1.29 is 19.4 Å². The quantitative estimate of drug-likeness (QED) is 0.846. The average Bonchev–Trinajstić information content (AvgIpc) is 2.38. The van der Waals surface area contributed by atoms with Crippen LogP contribution in [0.15, 0.2) is 24.3 Å². The number of hydrogen-bond acceptors (Lipinski definition) is 4. The number of phenolic OH excluding ortho intramolecular Hbond substituents is 1. The Morgan fingerprint density at radius 2 is 1.90 bits per heavy atom. The number of amides is 1. The number of ether oxygens (including phenoxy) is 1. The van der Waals surface area contributed by atoms with Crippen LogP contribution in [0, 0.1) is 0 Å². The Labute approximate surface area is 125 Å². The van der Waals surface area contributed by atoms with E-state index < -0.39 is 17.7 Å². The highest BCUT2D eigenvalue weighted by Gasteiger charge is 2.28. The Balaban J connectivity index is 3.02. The van der Waals surface area contributed by atoms with Crippen molar-refractivity contribution in [3.05, 3.63) is 29.8 Å². The lowest BCUT2D eigenvalue weighted by Gasteiger charge is -2.31. The molecule has 1 unspecified atom stereocenters. The van der Waals surface area contributed by atoms with Gasteiger partial charge in [0.25, 0.3) is 0 Å². The van der Waals surface area contributed by atoms with Crippen LogP contribution >= 0.6 is 0 Å². The van der Waals surface area contributed by atoms with Crippen molar-refractivity contribution in [1.82, 2.24) is 4.90 Å². The summed E-state index contributed by atoms with van der Waals surface area (Å²) in [7, 11) is 0. The number of rotatable bonds is 5. The van der Waals surface area contributed by atoms with Crippen LogP contribution in [0.4, 0.5) is 4.79 Å². The van der Waals surface area contributed by atoms with E-state index in [0.717, 1.165) is 0 Å². The van der Waals surface area contributed by atoms with E-state index in [4.69, 9.17) is 4.74 Å². The van der Waals surface area contributed by atoms with E-state index in [9.17, 15) is 14.7 Å². The molecule has 1 N–H and O–H groups in total. The Kier molecular flexibility index (Phi) is 5.76. The zero-order chi connectivity index (χ0) is 16.0. The van der Waals surface area contributed by atoms with Gasteiger partial charge in [-0.3, -0.25) is 4.90 Å². The molecule has 1 rings (SSSR count). The minimum atomic E-state index is -0.722. The van der Waals surface area contributed by atoms with Crippen molar-refractivity contribution >= 4 is 12.4 Å². The molecule has 116 valence electrons. The summed E-state index contributed by atoms with van der Waals surface area (Å²) in [6.07, 6.45) is 0.905. The van der Waals surface area contributed by atoms with Gasteiger partial charge < -0.3 is 14.6 Å². The van der Waals surface area contributed by atoms with E-state index in [0.29, 0.717) is 24.8 Å². The molecule has 21 heavy (non-hydrogen) atoms. The molecule has 1 aromatic rings. The van der Waals surface area contributed by atoms with Gasteiger partial charge in [-0.05, 0) is 44.9 Å². The molecular weight excluding hydrogens is 270 g/mol. The van der Waals surface area contributed by atoms with Crippen LogP contribution in [0.3, 0.4) is 0 Å². The van der Waals surface area contributed by atoms with Gasteiger partial charge in [0.1, 0.15) is 23.7 Å². The summed E-state index contributed by atoms with van der Waals surface area (Å²) in [6.45, 7) is 7.69. The number of hydrogen-bond donors (Lipinski definition) is 1. The molecule has 0 saturated carbocycles. The number of phenols is 1. The minimum Gasteiger partial charge on any atom is -0.508 e. The summed E-state index contributed by atoms with van der Waals surface area (Å²) in [5.41, 5.74) is 0.0213. The first kappa shape index (κ1) is 17.0. The topological polar surface area (TPSA) is 66.8 Å². The lowest BCUT2D eigenvalue weighted by Crippen LogP contribution is -2.40. The molecule has 0 bridgehead atoms. The Bertz CT molecular complexity index is 476. The van der Waals surface area contributed by atoms with Crippen molar-refractivity contribution in [1.29, 1.82) is 0 Å². The molecule has 0 aromatic heterocycles. The maximum atomic E-state index is 12.3. The van der Waals surface area contributed by atoms with Gasteiger partial charge in [-0.1, -0.05) is 19.1 Å². The van der Waals surface area contributed by atoms with Crippen molar-refractivity contribution in [2.24, 2.45) is 0 Å². The summed E-state index contributed by atoms with van der Waals surface area (Å²) in [5.74, 6) is 0.114. The summed E-state index contributed by atoms with van der Waals surface area (Å²) < 4.78 is 5.36. The van der Waals surface area contributed by atoms with Crippen LogP contribution in [-0.4, -0.2) is 34.5 Å². The molecule has 0 heterocycles. The molecule has 0 radical (unpaired) electrons. The predicted molar refractivity (Wildman–Crippen MR) is 80.1 cm³/mol. The van der Waals surface area contributed by atoms with Crippen LogP contribution < -0.4 is 0 Å². The fourth-order valence-corrected chi connectivity index (χ4v) is 1.91. The maximum absolute atomic E-state index is 12.3. The number of carbonyl (C=O) groups is 2. The number of benzene rings is 1. The second-order valence-corrected chi connectivity index (χ2v) is 5.85. The molecule has 0 aliphatic rings. The van der Waals surface area contributed by atoms with Crippen LogP contribution in [0.1, 0.15) is 45.7 Å². The van der Waals surface area contributed by atoms with E-state index in [1.165, 1.54) is 17.0 Å². The van der Waals surface area contributed by atoms with Gasteiger partial charge in [0.15, 0.2) is 0 Å². The van der Waals surface area contributed by atoms with Gasteiger partial charge in [0, 0.05) is 6.54 Å². The third kappa shape index (κ3) is 5.10. The molecule has 0 fully saturated rings. The molecular formula is C16H23NO4. The summed E-state index contributed by atoms with van der Waals surface area (Å²) >= 11 is 0. The molecule has 0 aliphatic carbocycles. The van der Waals surface area contributed by atoms with Gasteiger partial charge in [0.2, 0.25) is 0 Å². The van der Waals surface area contributed by atoms with Crippen molar-refractivity contribution in [2.75, 3.05) is 6.54 Å². The molecule has 0 saturated heterocycles. The van der Waals surface area contributed by atoms with Gasteiger partial charge in [0.05, 0.1) is 0 Å². The Morgan fingerprint density at radius 1 is 1.33 bits per heavy atom. The number of nitrogens with zero attached hydrogens (tertiary/aromatic N) is 1. The van der Waals surface area contributed by atoms with Crippen LogP contribution in [0.2, 0.25) is 0 Å². The zero-order valence-electron chi connectivity index (χ0n) is 13.0. The van der Waals surface area contributed by atoms with E-state index in [-0.39, 0.29) is 5.75 Å². The zero-order valence-corrected chi connectivity index (χ0v) is 13.0. The summed E-state index contributed by atoms with van der Waals surface area (Å²) in [6, 6.07) is 5.51. The van der Waals surface area contributed by atoms with Crippen molar-refractivity contribution in [3.8, 4) is 5.75 Å². The average molecular weight is 293 g/mol. The minimum absolute atomic E-state index is 0.114. The fourth-order valence-electron chi connectivity index (χ4n) is 1.91. The highest BCUT2D eigenvalue weighted by Crippen LogP contribution is 2.23. The first-order valence-electron chi connectivity index (χ1n) is 7.02. The third-order valence-electron chi connectivity index (χ3n) is 2.79. The van der Waals surface area contributed by atoms with Gasteiger partial charge >= 0.3 is 6.09 Å².